The van der Waals surface area contributed by atoms with E-state index in [2.05, 4.69) is 26.2 Å². The van der Waals surface area contributed by atoms with E-state index in [0.717, 1.165) is 4.47 Å². The lowest BCUT2D eigenvalue weighted by Gasteiger charge is -2.07. The van der Waals surface area contributed by atoms with Crippen LogP contribution in [0.5, 0.6) is 0 Å². The molecule has 0 saturated heterocycles. The van der Waals surface area contributed by atoms with Crippen LogP contribution in [0.3, 0.4) is 0 Å². The molecule has 0 amide bonds. The van der Waals surface area contributed by atoms with Gasteiger partial charge in [0.05, 0.1) is 10.0 Å². The van der Waals surface area contributed by atoms with Crippen LogP contribution in [0.25, 0.3) is 0 Å². The predicted molar refractivity (Wildman–Crippen MR) is 66.3 cm³/mol. The molecule has 0 atom stereocenters. The number of anilines is 2. The zero-order valence-electron chi connectivity index (χ0n) is 8.61. The van der Waals surface area contributed by atoms with Crippen molar-refractivity contribution in [2.75, 3.05) is 5.32 Å². The van der Waals surface area contributed by atoms with E-state index in [4.69, 9.17) is 5.26 Å². The van der Waals surface area contributed by atoms with Gasteiger partial charge in [0.1, 0.15) is 17.7 Å². The van der Waals surface area contributed by atoms with Gasteiger partial charge in [-0.3, -0.25) is 0 Å². The van der Waals surface area contributed by atoms with Crippen LogP contribution in [0.1, 0.15) is 5.56 Å². The highest BCUT2D eigenvalue weighted by atomic mass is 79.9. The van der Waals surface area contributed by atoms with Crippen molar-refractivity contribution in [3.8, 4) is 6.07 Å². The molecule has 2 aromatic rings. The van der Waals surface area contributed by atoms with Crippen LogP contribution in [0.4, 0.5) is 15.9 Å². The summed E-state index contributed by atoms with van der Waals surface area (Å²) < 4.78 is 13.9. The van der Waals surface area contributed by atoms with Crippen molar-refractivity contribution in [1.29, 1.82) is 5.26 Å². The second-order valence-electron chi connectivity index (χ2n) is 3.27. The fourth-order valence-corrected chi connectivity index (χ4v) is 1.66. The maximum absolute atomic E-state index is 13.1. The second kappa shape index (κ2) is 4.93. The summed E-state index contributed by atoms with van der Waals surface area (Å²) in [6.45, 7) is 0. The molecule has 0 fully saturated rings. The van der Waals surface area contributed by atoms with Crippen molar-refractivity contribution in [3.05, 3.63) is 52.4 Å². The van der Waals surface area contributed by atoms with Crippen LogP contribution in [-0.4, -0.2) is 4.98 Å². The van der Waals surface area contributed by atoms with Gasteiger partial charge in [-0.2, -0.15) is 5.26 Å². The molecular formula is C12H7BrFN3. The van der Waals surface area contributed by atoms with Crippen LogP contribution in [0, 0.1) is 17.1 Å². The van der Waals surface area contributed by atoms with Crippen LogP contribution < -0.4 is 5.32 Å². The monoisotopic (exact) mass is 291 g/mol. The van der Waals surface area contributed by atoms with Crippen molar-refractivity contribution in [2.45, 2.75) is 0 Å². The number of nitriles is 1. The molecule has 3 nitrogen and oxygen atoms in total. The number of hydrogen-bond acceptors (Lipinski definition) is 3. The lowest BCUT2D eigenvalue weighted by molar-refractivity contribution is 0.624. The zero-order chi connectivity index (χ0) is 12.3. The molecule has 2 rings (SSSR count). The molecule has 0 unspecified atom stereocenters. The molecule has 0 aliphatic rings. The summed E-state index contributed by atoms with van der Waals surface area (Å²) in [5, 5.41) is 11.7. The van der Waals surface area contributed by atoms with Crippen LogP contribution in [0.2, 0.25) is 0 Å². The van der Waals surface area contributed by atoms with Gasteiger partial charge in [0.25, 0.3) is 0 Å². The highest BCUT2D eigenvalue weighted by Crippen LogP contribution is 2.23. The normalized spacial score (nSPS) is 9.71. The molecule has 84 valence electrons. The number of hydrogen-bond donors (Lipinski definition) is 1. The Morgan fingerprint density at radius 3 is 2.88 bits per heavy atom. The van der Waals surface area contributed by atoms with Crippen molar-refractivity contribution in [2.24, 2.45) is 0 Å². The van der Waals surface area contributed by atoms with Gasteiger partial charge in [-0.1, -0.05) is 0 Å². The molecular weight excluding hydrogens is 285 g/mol. The Bertz CT molecular complexity index is 593. The number of nitrogens with zero attached hydrogens (tertiary/aromatic N) is 2. The smallest absolute Gasteiger partial charge is 0.144 e. The van der Waals surface area contributed by atoms with E-state index in [0.29, 0.717) is 11.5 Å². The first-order valence-electron chi connectivity index (χ1n) is 4.78. The van der Waals surface area contributed by atoms with Gasteiger partial charge in [-0.05, 0) is 46.3 Å². The summed E-state index contributed by atoms with van der Waals surface area (Å²) in [5.74, 6) is 0.0844. The van der Waals surface area contributed by atoms with Crippen molar-refractivity contribution >= 4 is 27.4 Å². The molecule has 17 heavy (non-hydrogen) atoms. The Morgan fingerprint density at radius 1 is 1.35 bits per heavy atom. The van der Waals surface area contributed by atoms with Gasteiger partial charge in [0, 0.05) is 11.9 Å². The quantitative estimate of drug-likeness (QED) is 0.920. The maximum atomic E-state index is 13.1. The van der Waals surface area contributed by atoms with E-state index in [9.17, 15) is 4.39 Å². The van der Waals surface area contributed by atoms with E-state index in [-0.39, 0.29) is 5.56 Å². The first-order valence-corrected chi connectivity index (χ1v) is 5.57. The molecule has 1 aromatic heterocycles. The fraction of sp³-hybridized carbons (Fsp3) is 0. The third-order valence-electron chi connectivity index (χ3n) is 2.11. The average molecular weight is 292 g/mol. The van der Waals surface area contributed by atoms with E-state index < -0.39 is 5.82 Å². The lowest BCUT2D eigenvalue weighted by Crippen LogP contribution is -1.95. The summed E-state index contributed by atoms with van der Waals surface area (Å²) in [4.78, 5) is 4.12. The SMILES string of the molecule is N#Cc1cc(Nc2ncccc2Br)ccc1F. The van der Waals surface area contributed by atoms with Crippen LogP contribution in [0.15, 0.2) is 41.0 Å². The Labute approximate surface area is 106 Å². The topological polar surface area (TPSA) is 48.7 Å². The first-order chi connectivity index (χ1) is 8.20. The van der Waals surface area contributed by atoms with E-state index in [1.54, 1.807) is 24.4 Å². The Balaban J connectivity index is 2.32. The summed E-state index contributed by atoms with van der Waals surface area (Å²) >= 11 is 3.34. The van der Waals surface area contributed by atoms with Gasteiger partial charge in [0.15, 0.2) is 0 Å². The second-order valence-corrected chi connectivity index (χ2v) is 4.12. The highest BCUT2D eigenvalue weighted by Gasteiger charge is 2.05. The third kappa shape index (κ3) is 2.60. The van der Waals surface area contributed by atoms with Crippen molar-refractivity contribution in [3.63, 3.8) is 0 Å². The molecule has 0 saturated carbocycles. The van der Waals surface area contributed by atoms with Gasteiger partial charge < -0.3 is 5.32 Å². The number of nitrogens with one attached hydrogen (secondary N) is 1. The van der Waals surface area contributed by atoms with Gasteiger partial charge in [0.2, 0.25) is 0 Å². The minimum absolute atomic E-state index is 0.00190. The standard InChI is InChI=1S/C12H7BrFN3/c13-10-2-1-5-16-12(10)17-9-3-4-11(14)8(6-9)7-15/h1-6H,(H,16,17). The molecule has 0 radical (unpaired) electrons. The van der Waals surface area contributed by atoms with Gasteiger partial charge in [-0.25, -0.2) is 9.37 Å². The largest absolute Gasteiger partial charge is 0.339 e. The minimum Gasteiger partial charge on any atom is -0.339 e. The molecule has 0 aliphatic carbocycles. The van der Waals surface area contributed by atoms with Crippen LogP contribution >= 0.6 is 15.9 Å². The lowest BCUT2D eigenvalue weighted by atomic mass is 10.2. The summed E-state index contributed by atoms with van der Waals surface area (Å²) in [5.41, 5.74) is 0.615. The highest BCUT2D eigenvalue weighted by molar-refractivity contribution is 9.10. The first kappa shape index (κ1) is 11.6. The number of halogens is 2. The number of aromatic nitrogens is 1. The minimum atomic E-state index is -0.530. The van der Waals surface area contributed by atoms with Gasteiger partial charge in [-0.15, -0.1) is 0 Å². The molecule has 1 aromatic carbocycles. The Hall–Kier alpha value is -1.93. The summed E-state index contributed by atoms with van der Waals surface area (Å²) in [6, 6.07) is 9.66. The Morgan fingerprint density at radius 2 is 2.18 bits per heavy atom. The molecule has 0 aliphatic heterocycles. The molecule has 1 N–H and O–H groups in total. The molecule has 1 heterocycles. The summed E-state index contributed by atoms with van der Waals surface area (Å²) in [7, 11) is 0. The maximum Gasteiger partial charge on any atom is 0.144 e. The van der Waals surface area contributed by atoms with E-state index in [1.807, 2.05) is 6.07 Å². The van der Waals surface area contributed by atoms with Crippen LogP contribution in [-0.2, 0) is 0 Å². The summed E-state index contributed by atoms with van der Waals surface area (Å²) in [6.07, 6.45) is 1.64. The van der Waals surface area contributed by atoms with E-state index in [1.165, 1.54) is 12.1 Å². The van der Waals surface area contributed by atoms with E-state index >= 15 is 0 Å². The fourth-order valence-electron chi connectivity index (χ4n) is 1.30. The van der Waals surface area contributed by atoms with Crippen molar-refractivity contribution < 1.29 is 4.39 Å². The average Bonchev–Trinajstić information content (AvgIpc) is 2.34. The molecule has 0 spiro atoms. The predicted octanol–water partition coefficient (Wildman–Crippen LogP) is 3.60. The number of rotatable bonds is 2. The third-order valence-corrected chi connectivity index (χ3v) is 2.75. The van der Waals surface area contributed by atoms with Gasteiger partial charge >= 0.3 is 0 Å². The molecule has 0 bridgehead atoms. The molecule has 5 heteroatoms. The number of pyridine rings is 1. The Kier molecular flexibility index (Phi) is 3.35. The van der Waals surface area contributed by atoms with Crippen molar-refractivity contribution in [1.82, 2.24) is 4.98 Å². The zero-order valence-corrected chi connectivity index (χ0v) is 10.2. The number of benzene rings is 1.